The molecule has 3 nitrogen and oxygen atoms in total. The minimum Gasteiger partial charge on any atom is -0.444 e. The van der Waals surface area contributed by atoms with Crippen LogP contribution in [0.1, 0.15) is 27.2 Å². The summed E-state index contributed by atoms with van der Waals surface area (Å²) in [6.45, 7) is 13.5. The highest BCUT2D eigenvalue weighted by Crippen LogP contribution is 2.13. The molecule has 0 radical (unpaired) electrons. The first-order valence-electron chi connectivity index (χ1n) is 5.95. The largest absolute Gasteiger partial charge is 0.444 e. The molecule has 0 aliphatic rings. The lowest BCUT2D eigenvalue weighted by Gasteiger charge is -2.25. The van der Waals surface area contributed by atoms with Crippen LogP contribution >= 0.6 is 0 Å². The second-order valence-corrected chi connectivity index (χ2v) is 12.2. The zero-order chi connectivity index (χ0) is 13.0. The van der Waals surface area contributed by atoms with Crippen molar-refractivity contribution in [2.45, 2.75) is 58.5 Å². The van der Waals surface area contributed by atoms with Crippen molar-refractivity contribution in [1.82, 2.24) is 4.90 Å². The summed E-state index contributed by atoms with van der Waals surface area (Å²) >= 11 is 0. The van der Waals surface area contributed by atoms with E-state index < -0.39 is 13.7 Å². The highest BCUT2D eigenvalue weighted by atomic mass is 28.3. The molecule has 0 N–H and O–H groups in total. The van der Waals surface area contributed by atoms with E-state index in [4.69, 9.17) is 4.74 Å². The van der Waals surface area contributed by atoms with Crippen LogP contribution < -0.4 is 0 Å². The van der Waals surface area contributed by atoms with Crippen LogP contribution in [0.25, 0.3) is 0 Å². The van der Waals surface area contributed by atoms with Crippen molar-refractivity contribution < 1.29 is 9.53 Å². The van der Waals surface area contributed by atoms with Gasteiger partial charge in [0.25, 0.3) is 0 Å². The first kappa shape index (κ1) is 15.5. The molecule has 0 saturated carbocycles. The van der Waals surface area contributed by atoms with Gasteiger partial charge in [-0.15, -0.1) is 0 Å². The molecule has 4 heteroatoms. The zero-order valence-electron chi connectivity index (χ0n) is 11.9. The first-order chi connectivity index (χ1) is 7.01. The molecule has 0 atom stereocenters. The summed E-state index contributed by atoms with van der Waals surface area (Å²) in [6.07, 6.45) is 0.855. The summed E-state index contributed by atoms with van der Waals surface area (Å²) in [4.78, 5) is 13.3. The van der Waals surface area contributed by atoms with Crippen molar-refractivity contribution >= 4 is 14.2 Å². The summed E-state index contributed by atoms with van der Waals surface area (Å²) in [5.41, 5.74) is -0.399. The van der Waals surface area contributed by atoms with Gasteiger partial charge in [0.2, 0.25) is 0 Å². The topological polar surface area (TPSA) is 29.5 Å². The number of rotatable bonds is 4. The summed E-state index contributed by atoms with van der Waals surface area (Å²) < 4.78 is 5.28. The Morgan fingerprint density at radius 3 is 2.12 bits per heavy atom. The van der Waals surface area contributed by atoms with Crippen molar-refractivity contribution in [3.8, 4) is 0 Å². The third kappa shape index (κ3) is 8.77. The van der Waals surface area contributed by atoms with Crippen molar-refractivity contribution in [2.75, 3.05) is 13.6 Å². The fraction of sp³-hybridized carbons (Fsp3) is 0.917. The normalized spacial score (nSPS) is 12.4. The Balaban J connectivity index is 3.89. The second-order valence-electron chi connectivity index (χ2n) is 6.57. The lowest BCUT2D eigenvalue weighted by molar-refractivity contribution is 0.0299. The Morgan fingerprint density at radius 2 is 1.75 bits per heavy atom. The third-order valence-electron chi connectivity index (χ3n) is 2.13. The highest BCUT2D eigenvalue weighted by molar-refractivity contribution is 6.76. The zero-order valence-corrected chi connectivity index (χ0v) is 12.9. The van der Waals surface area contributed by atoms with Crippen LogP contribution in [0.5, 0.6) is 0 Å². The van der Waals surface area contributed by atoms with Crippen molar-refractivity contribution in [3.05, 3.63) is 0 Å². The molecule has 0 spiro atoms. The van der Waals surface area contributed by atoms with Gasteiger partial charge in [-0.25, -0.2) is 4.79 Å². The van der Waals surface area contributed by atoms with Gasteiger partial charge in [0.15, 0.2) is 0 Å². The van der Waals surface area contributed by atoms with Gasteiger partial charge < -0.3 is 9.64 Å². The molecule has 0 rings (SSSR count). The van der Waals surface area contributed by atoms with Crippen LogP contribution in [-0.4, -0.2) is 38.3 Å². The average molecular weight is 245 g/mol. The fourth-order valence-electron chi connectivity index (χ4n) is 1.28. The molecule has 16 heavy (non-hydrogen) atoms. The van der Waals surface area contributed by atoms with Crippen LogP contribution in [0.4, 0.5) is 4.79 Å². The number of carbonyl (C=O) groups excluding carboxylic acids is 1. The van der Waals surface area contributed by atoms with E-state index in [0.29, 0.717) is 0 Å². The molecule has 0 aliphatic carbocycles. The van der Waals surface area contributed by atoms with Crippen LogP contribution in [-0.2, 0) is 4.74 Å². The number of nitrogens with zero attached hydrogens (tertiary/aromatic N) is 1. The Morgan fingerprint density at radius 1 is 1.25 bits per heavy atom. The maximum atomic E-state index is 11.6. The molecule has 0 aromatic rings. The molecule has 0 bridgehead atoms. The minimum absolute atomic E-state index is 0.219. The van der Waals surface area contributed by atoms with Gasteiger partial charge in [-0.2, -0.15) is 0 Å². The average Bonchev–Trinajstić information content (AvgIpc) is 1.98. The molecule has 1 amide bonds. The van der Waals surface area contributed by atoms with Crippen molar-refractivity contribution in [1.29, 1.82) is 0 Å². The minimum atomic E-state index is -0.984. The van der Waals surface area contributed by atoms with Gasteiger partial charge in [0, 0.05) is 21.7 Å². The lowest BCUT2D eigenvalue weighted by atomic mass is 10.2. The van der Waals surface area contributed by atoms with Crippen LogP contribution in [0.15, 0.2) is 0 Å². The smallest absolute Gasteiger partial charge is 0.410 e. The molecule has 0 aromatic carbocycles. The third-order valence-corrected chi connectivity index (χ3v) is 3.98. The Kier molecular flexibility index (Phi) is 5.52. The van der Waals surface area contributed by atoms with E-state index in [2.05, 4.69) is 19.6 Å². The molecule has 0 heterocycles. The first-order valence-corrected chi connectivity index (χ1v) is 9.66. The Hall–Kier alpha value is -0.513. The van der Waals surface area contributed by atoms with E-state index in [1.807, 2.05) is 20.8 Å². The summed E-state index contributed by atoms with van der Waals surface area (Å²) in [6, 6.07) is 1.25. The van der Waals surface area contributed by atoms with Gasteiger partial charge in [0.05, 0.1) is 0 Å². The van der Waals surface area contributed by atoms with E-state index in [1.54, 1.807) is 11.9 Å². The van der Waals surface area contributed by atoms with E-state index >= 15 is 0 Å². The molecule has 96 valence electrons. The van der Waals surface area contributed by atoms with Gasteiger partial charge >= 0.3 is 6.09 Å². The van der Waals surface area contributed by atoms with Gasteiger partial charge in [-0.3, -0.25) is 0 Å². The Labute approximate surface area is 101 Å². The van der Waals surface area contributed by atoms with Crippen molar-refractivity contribution in [2.24, 2.45) is 0 Å². The van der Waals surface area contributed by atoms with Crippen LogP contribution in [0.2, 0.25) is 25.7 Å². The lowest BCUT2D eigenvalue weighted by Crippen LogP contribution is -2.35. The van der Waals surface area contributed by atoms with Gasteiger partial charge in [-0.1, -0.05) is 25.7 Å². The molecule has 0 unspecified atom stereocenters. The van der Waals surface area contributed by atoms with Gasteiger partial charge in [0.1, 0.15) is 5.60 Å². The number of hydrogen-bond acceptors (Lipinski definition) is 2. The summed E-state index contributed by atoms with van der Waals surface area (Å²) in [5, 5.41) is 0. The molecular formula is C12H27NO2Si. The number of amides is 1. The Bertz CT molecular complexity index is 228. The van der Waals surface area contributed by atoms with Gasteiger partial charge in [-0.05, 0) is 27.2 Å². The molecule has 0 saturated heterocycles. The van der Waals surface area contributed by atoms with E-state index in [0.717, 1.165) is 13.0 Å². The summed E-state index contributed by atoms with van der Waals surface area (Å²) in [7, 11) is 0.819. The molecule has 0 aliphatic heterocycles. The number of ether oxygens (including phenoxy) is 1. The van der Waals surface area contributed by atoms with Crippen molar-refractivity contribution in [3.63, 3.8) is 0 Å². The SMILES string of the molecule is CN(CCC[Si](C)(C)C)C(=O)OC(C)(C)C. The predicted octanol–water partition coefficient (Wildman–Crippen LogP) is 3.58. The number of hydrogen-bond donors (Lipinski definition) is 0. The fourth-order valence-corrected chi connectivity index (χ4v) is 2.50. The monoisotopic (exact) mass is 245 g/mol. The standard InChI is InChI=1S/C12H27NO2Si/c1-12(2,3)15-11(14)13(4)9-8-10-16(5,6)7/h8-10H2,1-7H3. The van der Waals surface area contributed by atoms with Crippen LogP contribution in [0, 0.1) is 0 Å². The maximum Gasteiger partial charge on any atom is 0.410 e. The maximum absolute atomic E-state index is 11.6. The van der Waals surface area contributed by atoms with Crippen LogP contribution in [0.3, 0.4) is 0 Å². The molecular weight excluding hydrogens is 218 g/mol. The molecule has 0 fully saturated rings. The highest BCUT2D eigenvalue weighted by Gasteiger charge is 2.20. The predicted molar refractivity (Wildman–Crippen MR) is 71.6 cm³/mol. The second kappa shape index (κ2) is 5.71. The van der Waals surface area contributed by atoms with E-state index in [-0.39, 0.29) is 6.09 Å². The van der Waals surface area contributed by atoms with E-state index in [9.17, 15) is 4.79 Å². The quantitative estimate of drug-likeness (QED) is 0.709. The summed E-state index contributed by atoms with van der Waals surface area (Å²) in [5.74, 6) is 0. The number of carbonyl (C=O) groups is 1. The molecule has 0 aromatic heterocycles. The van der Waals surface area contributed by atoms with E-state index in [1.165, 1.54) is 6.04 Å².